The molecule has 0 saturated heterocycles. The van der Waals surface area contributed by atoms with Crippen LogP contribution in [0.2, 0.25) is 0 Å². The smallest absolute Gasteiger partial charge is 0.269 e. The van der Waals surface area contributed by atoms with Crippen molar-refractivity contribution in [3.63, 3.8) is 0 Å². The van der Waals surface area contributed by atoms with Gasteiger partial charge >= 0.3 is 0 Å². The van der Waals surface area contributed by atoms with Crippen LogP contribution in [0.3, 0.4) is 0 Å². The monoisotopic (exact) mass is 350 g/mol. The molecule has 0 aliphatic carbocycles. The minimum atomic E-state index is -0.185. The lowest BCUT2D eigenvalue weighted by Crippen LogP contribution is -2.28. The lowest BCUT2D eigenvalue weighted by molar-refractivity contribution is 0.0919. The van der Waals surface area contributed by atoms with E-state index in [-0.39, 0.29) is 5.91 Å². The quantitative estimate of drug-likeness (QED) is 0.629. The van der Waals surface area contributed by atoms with Crippen LogP contribution in [-0.2, 0) is 4.74 Å². The minimum Gasteiger partial charge on any atom is -0.379 e. The molecule has 0 spiro atoms. The van der Waals surface area contributed by atoms with Gasteiger partial charge in [-0.1, -0.05) is 15.9 Å². The van der Waals surface area contributed by atoms with Crippen LogP contribution < -0.4 is 5.32 Å². The number of alkyl halides is 1. The maximum Gasteiger partial charge on any atom is 0.269 e. The Kier molecular flexibility index (Phi) is 6.59. The molecule has 0 fully saturated rings. The van der Waals surface area contributed by atoms with E-state index in [9.17, 15) is 4.79 Å². The van der Waals surface area contributed by atoms with Crippen molar-refractivity contribution in [2.75, 3.05) is 25.1 Å². The summed E-state index contributed by atoms with van der Waals surface area (Å²) in [4.78, 5) is 15.5. The van der Waals surface area contributed by atoms with Crippen molar-refractivity contribution < 1.29 is 9.53 Å². The highest BCUT2D eigenvalue weighted by Gasteiger charge is 2.05. The van der Waals surface area contributed by atoms with Crippen LogP contribution in [-0.4, -0.2) is 36.0 Å². The van der Waals surface area contributed by atoms with E-state index in [0.29, 0.717) is 25.5 Å². The summed E-state index contributed by atoms with van der Waals surface area (Å²) < 4.78 is 6.05. The fourth-order valence-corrected chi connectivity index (χ4v) is 1.46. The Morgan fingerprint density at radius 2 is 2.25 bits per heavy atom. The molecule has 0 aromatic carbocycles. The van der Waals surface area contributed by atoms with Crippen molar-refractivity contribution in [1.82, 2.24) is 10.3 Å². The Morgan fingerprint density at radius 1 is 1.44 bits per heavy atom. The number of amides is 1. The Bertz CT molecular complexity index is 330. The van der Waals surface area contributed by atoms with E-state index in [1.165, 1.54) is 0 Å². The first-order valence-corrected chi connectivity index (χ1v) is 6.69. The van der Waals surface area contributed by atoms with E-state index < -0.39 is 0 Å². The Hall–Kier alpha value is -0.460. The number of ether oxygens (including phenoxy) is 1. The summed E-state index contributed by atoms with van der Waals surface area (Å²) in [6.45, 7) is 1.64. The summed E-state index contributed by atoms with van der Waals surface area (Å²) in [5, 5.41) is 3.52. The van der Waals surface area contributed by atoms with Gasteiger partial charge in [-0.3, -0.25) is 4.79 Å². The van der Waals surface area contributed by atoms with Gasteiger partial charge in [-0.05, 0) is 28.1 Å². The summed E-state index contributed by atoms with van der Waals surface area (Å²) in [7, 11) is 0. The van der Waals surface area contributed by atoms with Gasteiger partial charge in [-0.15, -0.1) is 0 Å². The minimum absolute atomic E-state index is 0.185. The van der Waals surface area contributed by atoms with Crippen molar-refractivity contribution in [2.24, 2.45) is 0 Å². The molecule has 0 saturated carbocycles. The van der Waals surface area contributed by atoms with Crippen LogP contribution in [0.4, 0.5) is 0 Å². The molecule has 0 unspecified atom stereocenters. The molecular weight excluding hydrogens is 340 g/mol. The predicted molar refractivity (Wildman–Crippen MR) is 68.9 cm³/mol. The number of rotatable bonds is 6. The standard InChI is InChI=1S/C10H12Br2N2O2/c11-3-5-16-6-4-13-10(15)9-2-1-8(12)7-14-9/h1-2,7H,3-6H2,(H,13,15). The molecule has 1 aromatic rings. The van der Waals surface area contributed by atoms with Crippen LogP contribution >= 0.6 is 31.9 Å². The molecule has 0 radical (unpaired) electrons. The van der Waals surface area contributed by atoms with Crippen LogP contribution in [0.5, 0.6) is 0 Å². The highest BCUT2D eigenvalue weighted by Crippen LogP contribution is 2.06. The second-order valence-electron chi connectivity index (χ2n) is 2.92. The van der Waals surface area contributed by atoms with Gasteiger partial charge in [0.1, 0.15) is 5.69 Å². The van der Waals surface area contributed by atoms with Crippen LogP contribution in [0.15, 0.2) is 22.8 Å². The molecule has 88 valence electrons. The number of hydrogen-bond acceptors (Lipinski definition) is 3. The Morgan fingerprint density at radius 3 is 2.88 bits per heavy atom. The molecule has 1 heterocycles. The van der Waals surface area contributed by atoms with Crippen molar-refractivity contribution in [3.05, 3.63) is 28.5 Å². The van der Waals surface area contributed by atoms with Crippen LogP contribution in [0, 0.1) is 0 Å². The van der Waals surface area contributed by atoms with E-state index in [4.69, 9.17) is 4.74 Å². The third-order valence-corrected chi connectivity index (χ3v) is 2.51. The summed E-state index contributed by atoms with van der Waals surface area (Å²) in [5.41, 5.74) is 0.406. The highest BCUT2D eigenvalue weighted by molar-refractivity contribution is 9.10. The topological polar surface area (TPSA) is 51.2 Å². The summed E-state index contributed by atoms with van der Waals surface area (Å²) in [6.07, 6.45) is 1.59. The van der Waals surface area contributed by atoms with Gasteiger partial charge in [0.2, 0.25) is 0 Å². The normalized spacial score (nSPS) is 10.1. The van der Waals surface area contributed by atoms with E-state index in [0.717, 1.165) is 9.80 Å². The molecular formula is C10H12Br2N2O2. The van der Waals surface area contributed by atoms with Crippen LogP contribution in [0.1, 0.15) is 10.5 Å². The molecule has 4 nitrogen and oxygen atoms in total. The van der Waals surface area contributed by atoms with Gasteiger partial charge in [0, 0.05) is 22.5 Å². The first kappa shape index (κ1) is 13.6. The van der Waals surface area contributed by atoms with Crippen molar-refractivity contribution in [1.29, 1.82) is 0 Å². The second-order valence-corrected chi connectivity index (χ2v) is 4.63. The number of carbonyl (C=O) groups is 1. The van der Waals surface area contributed by atoms with Gasteiger partial charge in [0.05, 0.1) is 13.2 Å². The van der Waals surface area contributed by atoms with Gasteiger partial charge in [0.15, 0.2) is 0 Å². The summed E-state index contributed by atoms with van der Waals surface area (Å²) in [6, 6.07) is 3.45. The van der Waals surface area contributed by atoms with E-state index in [1.807, 2.05) is 0 Å². The Labute approximate surface area is 111 Å². The molecule has 0 bridgehead atoms. The largest absolute Gasteiger partial charge is 0.379 e. The van der Waals surface area contributed by atoms with E-state index in [2.05, 4.69) is 42.2 Å². The fourth-order valence-electron chi connectivity index (χ4n) is 0.994. The second kappa shape index (κ2) is 7.76. The molecule has 1 N–H and O–H groups in total. The number of aromatic nitrogens is 1. The van der Waals surface area contributed by atoms with E-state index in [1.54, 1.807) is 18.3 Å². The lowest BCUT2D eigenvalue weighted by Gasteiger charge is -2.04. The maximum absolute atomic E-state index is 11.5. The zero-order chi connectivity index (χ0) is 11.8. The average molecular weight is 352 g/mol. The lowest BCUT2D eigenvalue weighted by atomic mass is 10.3. The van der Waals surface area contributed by atoms with Crippen molar-refractivity contribution >= 4 is 37.8 Å². The molecule has 6 heteroatoms. The summed E-state index contributed by atoms with van der Waals surface area (Å²) >= 11 is 6.50. The molecule has 1 amide bonds. The van der Waals surface area contributed by atoms with E-state index >= 15 is 0 Å². The summed E-state index contributed by atoms with van der Waals surface area (Å²) in [5.74, 6) is -0.185. The zero-order valence-electron chi connectivity index (χ0n) is 8.58. The van der Waals surface area contributed by atoms with Crippen molar-refractivity contribution in [3.8, 4) is 0 Å². The first-order chi connectivity index (χ1) is 7.74. The van der Waals surface area contributed by atoms with Gasteiger partial charge in [-0.2, -0.15) is 0 Å². The number of carbonyl (C=O) groups excluding carboxylic acids is 1. The third kappa shape index (κ3) is 5.05. The van der Waals surface area contributed by atoms with Crippen LogP contribution in [0.25, 0.3) is 0 Å². The number of pyridine rings is 1. The fraction of sp³-hybridized carbons (Fsp3) is 0.400. The number of nitrogens with zero attached hydrogens (tertiary/aromatic N) is 1. The zero-order valence-corrected chi connectivity index (χ0v) is 11.8. The highest BCUT2D eigenvalue weighted by atomic mass is 79.9. The van der Waals surface area contributed by atoms with Crippen molar-refractivity contribution in [2.45, 2.75) is 0 Å². The molecule has 0 aliphatic heterocycles. The maximum atomic E-state index is 11.5. The van der Waals surface area contributed by atoms with Gasteiger partial charge < -0.3 is 10.1 Å². The number of halogens is 2. The molecule has 1 rings (SSSR count). The number of nitrogens with one attached hydrogen (secondary N) is 1. The first-order valence-electron chi connectivity index (χ1n) is 4.77. The average Bonchev–Trinajstić information content (AvgIpc) is 2.29. The number of hydrogen-bond donors (Lipinski definition) is 1. The molecule has 16 heavy (non-hydrogen) atoms. The predicted octanol–water partition coefficient (Wildman–Crippen LogP) is 1.99. The molecule has 1 aromatic heterocycles. The third-order valence-electron chi connectivity index (χ3n) is 1.71. The van der Waals surface area contributed by atoms with Gasteiger partial charge in [0.25, 0.3) is 5.91 Å². The Balaban J connectivity index is 2.27. The molecule has 0 atom stereocenters. The molecule has 0 aliphatic rings. The van der Waals surface area contributed by atoms with Gasteiger partial charge in [-0.25, -0.2) is 4.98 Å². The SMILES string of the molecule is O=C(NCCOCCBr)c1ccc(Br)cn1.